The van der Waals surface area contributed by atoms with Gasteiger partial charge in [-0.15, -0.1) is 0 Å². The predicted molar refractivity (Wildman–Crippen MR) is 65.8 cm³/mol. The minimum Gasteiger partial charge on any atom is -0.481 e. The molecule has 0 aromatic heterocycles. The summed E-state index contributed by atoms with van der Waals surface area (Å²) in [5.41, 5.74) is -0.797. The molecule has 3 N–H and O–H groups in total. The molecule has 2 atom stereocenters. The van der Waals surface area contributed by atoms with Crippen molar-refractivity contribution in [1.82, 2.24) is 10.0 Å². The van der Waals surface area contributed by atoms with E-state index in [0.29, 0.717) is 0 Å². The van der Waals surface area contributed by atoms with Crippen molar-refractivity contribution >= 4 is 22.1 Å². The summed E-state index contributed by atoms with van der Waals surface area (Å²) in [5.74, 6) is -2.47. The fourth-order valence-corrected chi connectivity index (χ4v) is 3.19. The van der Waals surface area contributed by atoms with Crippen LogP contribution in [0.4, 0.5) is 4.79 Å². The number of hydrogen-bond acceptors (Lipinski definition) is 5. The van der Waals surface area contributed by atoms with Gasteiger partial charge in [0.25, 0.3) is 0 Å². The van der Waals surface area contributed by atoms with Crippen LogP contribution in [0.5, 0.6) is 0 Å². The third-order valence-corrected chi connectivity index (χ3v) is 4.16. The average molecular weight is 294 g/mol. The minimum atomic E-state index is -3.91. The fourth-order valence-electron chi connectivity index (χ4n) is 1.67. The molecule has 1 aliphatic rings. The molecule has 0 unspecified atom stereocenters. The number of carbonyl (C=O) groups is 2. The van der Waals surface area contributed by atoms with Gasteiger partial charge in [0.2, 0.25) is 10.0 Å². The third kappa shape index (κ3) is 4.35. The van der Waals surface area contributed by atoms with Crippen LogP contribution in [0.15, 0.2) is 0 Å². The molecule has 0 spiro atoms. The Labute approximate surface area is 111 Å². The quantitative estimate of drug-likeness (QED) is 0.651. The molecule has 19 heavy (non-hydrogen) atoms. The summed E-state index contributed by atoms with van der Waals surface area (Å²) in [6.07, 6.45) is -0.856. The van der Waals surface area contributed by atoms with Gasteiger partial charge in [-0.05, 0) is 27.2 Å². The van der Waals surface area contributed by atoms with Crippen LogP contribution in [0.3, 0.4) is 0 Å². The van der Waals surface area contributed by atoms with E-state index < -0.39 is 39.0 Å². The minimum absolute atomic E-state index is 0.0335. The van der Waals surface area contributed by atoms with Gasteiger partial charge in [-0.25, -0.2) is 17.9 Å². The molecule has 1 amide bonds. The van der Waals surface area contributed by atoms with Gasteiger partial charge in [-0.3, -0.25) is 4.79 Å². The second kappa shape index (κ2) is 5.33. The number of carbonyl (C=O) groups excluding carboxylic acids is 1. The highest BCUT2D eigenvalue weighted by molar-refractivity contribution is 7.90. The van der Waals surface area contributed by atoms with Gasteiger partial charge in [0, 0.05) is 6.54 Å². The van der Waals surface area contributed by atoms with Crippen LogP contribution in [-0.2, 0) is 19.6 Å². The second-order valence-corrected chi connectivity index (χ2v) is 7.13. The Morgan fingerprint density at radius 3 is 2.42 bits per heavy atom. The maximum absolute atomic E-state index is 11.8. The second-order valence-electron chi connectivity index (χ2n) is 5.24. The summed E-state index contributed by atoms with van der Waals surface area (Å²) in [6.45, 7) is 4.89. The molecule has 1 rings (SSSR count). The van der Waals surface area contributed by atoms with Crippen LogP contribution in [-0.4, -0.2) is 43.1 Å². The summed E-state index contributed by atoms with van der Waals surface area (Å²) in [6, 6.07) is 0. The van der Waals surface area contributed by atoms with Gasteiger partial charge in [0.1, 0.15) is 5.60 Å². The van der Waals surface area contributed by atoms with E-state index in [2.05, 4.69) is 10.0 Å². The number of rotatable bonds is 2. The third-order valence-electron chi connectivity index (χ3n) is 2.43. The highest BCUT2D eigenvalue weighted by Crippen LogP contribution is 2.19. The summed E-state index contributed by atoms with van der Waals surface area (Å²) < 4.78 is 30.6. The van der Waals surface area contributed by atoms with Crippen LogP contribution in [0.1, 0.15) is 27.2 Å². The lowest BCUT2D eigenvalue weighted by atomic mass is 10.1. The zero-order valence-corrected chi connectivity index (χ0v) is 11.8. The molecular weight excluding hydrogens is 276 g/mol. The molecule has 0 bridgehead atoms. The zero-order valence-electron chi connectivity index (χ0n) is 11.0. The van der Waals surface area contributed by atoms with E-state index in [-0.39, 0.29) is 13.0 Å². The largest absolute Gasteiger partial charge is 0.481 e. The van der Waals surface area contributed by atoms with Gasteiger partial charge in [0.15, 0.2) is 5.37 Å². The van der Waals surface area contributed by atoms with E-state index in [4.69, 9.17) is 9.84 Å². The number of sulfonamides is 1. The van der Waals surface area contributed by atoms with E-state index in [9.17, 15) is 18.0 Å². The van der Waals surface area contributed by atoms with Crippen LogP contribution in [0.2, 0.25) is 0 Å². The standard InChI is InChI=1S/C10H18N2O6S/c1-10(2,3)18-9(15)12-7-6(8(13)14)4-5-11-19(7,16)17/h6-7,11H,4-5H2,1-3H3,(H,12,15)(H,13,14)/t6-,7-/m1/s1. The predicted octanol–water partition coefficient (Wildman–Crippen LogP) is -0.139. The number of nitrogens with one attached hydrogen (secondary N) is 2. The van der Waals surface area contributed by atoms with Gasteiger partial charge >= 0.3 is 12.1 Å². The van der Waals surface area contributed by atoms with Crippen molar-refractivity contribution in [2.45, 2.75) is 38.2 Å². The van der Waals surface area contributed by atoms with E-state index in [1.807, 2.05) is 0 Å². The van der Waals surface area contributed by atoms with Crippen LogP contribution < -0.4 is 10.0 Å². The number of carboxylic acids is 1. The Morgan fingerprint density at radius 1 is 1.37 bits per heavy atom. The first-order chi connectivity index (χ1) is 8.53. The van der Waals surface area contributed by atoms with Crippen molar-refractivity contribution in [3.05, 3.63) is 0 Å². The molecule has 9 heteroatoms. The molecule has 0 aromatic rings. The van der Waals surface area contributed by atoms with Gasteiger partial charge in [-0.2, -0.15) is 0 Å². The molecule has 1 fully saturated rings. The highest BCUT2D eigenvalue weighted by atomic mass is 32.2. The molecule has 0 aliphatic carbocycles. The first kappa shape index (κ1) is 15.7. The van der Waals surface area contributed by atoms with Gasteiger partial charge < -0.3 is 15.2 Å². The summed E-state index contributed by atoms with van der Waals surface area (Å²) in [5, 5.41) is 9.57. The smallest absolute Gasteiger partial charge is 0.408 e. The number of aliphatic carboxylic acids is 1. The fraction of sp³-hybridized carbons (Fsp3) is 0.800. The highest BCUT2D eigenvalue weighted by Gasteiger charge is 2.42. The Balaban J connectivity index is 2.86. The molecule has 110 valence electrons. The molecule has 0 saturated carbocycles. The van der Waals surface area contributed by atoms with Crippen molar-refractivity contribution in [3.8, 4) is 0 Å². The Hall–Kier alpha value is -1.35. The molecule has 1 aliphatic heterocycles. The van der Waals surface area contributed by atoms with Crippen molar-refractivity contribution < 1.29 is 27.9 Å². The van der Waals surface area contributed by atoms with Crippen LogP contribution in [0, 0.1) is 5.92 Å². The number of hydrogen-bond donors (Lipinski definition) is 3. The Morgan fingerprint density at radius 2 is 1.95 bits per heavy atom. The Bertz CT molecular complexity index is 467. The SMILES string of the molecule is CC(C)(C)OC(=O)N[C@H]1[C@H](C(=O)O)CCNS1(=O)=O. The monoisotopic (exact) mass is 294 g/mol. The lowest BCUT2D eigenvalue weighted by Crippen LogP contribution is -2.57. The van der Waals surface area contributed by atoms with Crippen molar-refractivity contribution in [2.24, 2.45) is 5.92 Å². The first-order valence-electron chi connectivity index (χ1n) is 5.74. The maximum atomic E-state index is 11.8. The average Bonchev–Trinajstić information content (AvgIpc) is 2.17. The summed E-state index contributed by atoms with van der Waals surface area (Å²) in [7, 11) is -3.91. The summed E-state index contributed by atoms with van der Waals surface area (Å²) >= 11 is 0. The molecule has 8 nitrogen and oxygen atoms in total. The van der Waals surface area contributed by atoms with Crippen LogP contribution in [0.25, 0.3) is 0 Å². The lowest BCUT2D eigenvalue weighted by Gasteiger charge is -2.30. The molecule has 1 heterocycles. The maximum Gasteiger partial charge on any atom is 0.408 e. The van der Waals surface area contributed by atoms with E-state index in [1.165, 1.54) is 0 Å². The number of carboxylic acid groups (broad SMARTS) is 1. The lowest BCUT2D eigenvalue weighted by molar-refractivity contribution is -0.142. The van der Waals surface area contributed by atoms with E-state index >= 15 is 0 Å². The Kier molecular flexibility index (Phi) is 4.41. The normalized spacial score (nSPS) is 26.5. The van der Waals surface area contributed by atoms with Gasteiger partial charge in [-0.1, -0.05) is 0 Å². The van der Waals surface area contributed by atoms with Crippen molar-refractivity contribution in [3.63, 3.8) is 0 Å². The van der Waals surface area contributed by atoms with Crippen molar-refractivity contribution in [1.29, 1.82) is 0 Å². The van der Waals surface area contributed by atoms with E-state index in [1.54, 1.807) is 20.8 Å². The molecular formula is C10H18N2O6S. The summed E-state index contributed by atoms with van der Waals surface area (Å²) in [4.78, 5) is 22.6. The molecule has 1 saturated heterocycles. The number of ether oxygens (including phenoxy) is 1. The number of amides is 1. The molecule has 0 aromatic carbocycles. The molecule has 0 radical (unpaired) electrons. The van der Waals surface area contributed by atoms with Crippen molar-refractivity contribution in [2.75, 3.05) is 6.54 Å². The van der Waals surface area contributed by atoms with Gasteiger partial charge in [0.05, 0.1) is 5.92 Å². The topological polar surface area (TPSA) is 122 Å². The number of alkyl carbamates (subject to hydrolysis) is 1. The first-order valence-corrected chi connectivity index (χ1v) is 7.28. The van der Waals surface area contributed by atoms with Crippen LogP contribution >= 0.6 is 0 Å². The van der Waals surface area contributed by atoms with E-state index in [0.717, 1.165) is 0 Å². The zero-order chi connectivity index (χ0) is 14.8.